The van der Waals surface area contributed by atoms with Crippen LogP contribution in [0.15, 0.2) is 42.7 Å². The molecule has 0 bridgehead atoms. The Morgan fingerprint density at radius 3 is 2.61 bits per heavy atom. The Morgan fingerprint density at radius 1 is 1.17 bits per heavy atom. The summed E-state index contributed by atoms with van der Waals surface area (Å²) < 4.78 is 10.8. The number of aliphatic hydroxyl groups is 1. The molecule has 0 saturated heterocycles. The van der Waals surface area contributed by atoms with E-state index in [2.05, 4.69) is 4.98 Å². The highest BCUT2D eigenvalue weighted by Gasteiger charge is 2.05. The Labute approximate surface area is 106 Å². The second kappa shape index (κ2) is 6.02. The molecule has 1 aromatic heterocycles. The Kier molecular flexibility index (Phi) is 4.15. The predicted octanol–water partition coefficient (Wildman–Crippen LogP) is 2.16. The van der Waals surface area contributed by atoms with Gasteiger partial charge in [0.25, 0.3) is 0 Å². The quantitative estimate of drug-likeness (QED) is 0.877. The minimum atomic E-state index is -0.0805. The van der Waals surface area contributed by atoms with E-state index in [0.717, 1.165) is 5.56 Å². The first-order chi connectivity index (χ1) is 8.83. The van der Waals surface area contributed by atoms with E-state index in [-0.39, 0.29) is 6.61 Å². The van der Waals surface area contributed by atoms with Gasteiger partial charge in [0.1, 0.15) is 18.1 Å². The van der Waals surface area contributed by atoms with Crippen LogP contribution in [0.3, 0.4) is 0 Å². The van der Waals surface area contributed by atoms with Gasteiger partial charge in [-0.2, -0.15) is 0 Å². The van der Waals surface area contributed by atoms with Crippen LogP contribution in [0.1, 0.15) is 11.1 Å². The van der Waals surface area contributed by atoms with Crippen molar-refractivity contribution >= 4 is 0 Å². The predicted molar refractivity (Wildman–Crippen MR) is 67.5 cm³/mol. The first-order valence-electron chi connectivity index (χ1n) is 5.63. The van der Waals surface area contributed by atoms with Crippen molar-refractivity contribution in [3.63, 3.8) is 0 Å². The van der Waals surface area contributed by atoms with Gasteiger partial charge in [0.05, 0.1) is 13.7 Å². The summed E-state index contributed by atoms with van der Waals surface area (Å²) >= 11 is 0. The fourth-order valence-corrected chi connectivity index (χ4v) is 1.59. The molecule has 2 aromatic rings. The number of pyridine rings is 1. The summed E-state index contributed by atoms with van der Waals surface area (Å²) in [5, 5.41) is 9.29. The molecular formula is C14H15NO3. The molecule has 0 spiro atoms. The highest BCUT2D eigenvalue weighted by molar-refractivity contribution is 5.40. The van der Waals surface area contributed by atoms with Crippen LogP contribution in [0.2, 0.25) is 0 Å². The van der Waals surface area contributed by atoms with E-state index in [1.54, 1.807) is 37.7 Å². The van der Waals surface area contributed by atoms with Crippen molar-refractivity contribution in [2.24, 2.45) is 0 Å². The third-order valence-corrected chi connectivity index (χ3v) is 2.58. The molecule has 0 aliphatic rings. The molecule has 4 heteroatoms. The number of aromatic nitrogens is 1. The lowest BCUT2D eigenvalue weighted by Crippen LogP contribution is -1.99. The summed E-state index contributed by atoms with van der Waals surface area (Å²) in [4.78, 5) is 3.94. The molecule has 0 radical (unpaired) electrons. The second-order valence-electron chi connectivity index (χ2n) is 3.78. The zero-order valence-electron chi connectivity index (χ0n) is 10.2. The van der Waals surface area contributed by atoms with E-state index < -0.39 is 0 Å². The van der Waals surface area contributed by atoms with Crippen molar-refractivity contribution < 1.29 is 14.6 Å². The maximum atomic E-state index is 9.29. The molecular weight excluding hydrogens is 230 g/mol. The second-order valence-corrected chi connectivity index (χ2v) is 3.78. The summed E-state index contributed by atoms with van der Waals surface area (Å²) in [6.45, 7) is 0.366. The number of aliphatic hydroxyl groups excluding tert-OH is 1. The van der Waals surface area contributed by atoms with Crippen LogP contribution in [-0.2, 0) is 13.2 Å². The highest BCUT2D eigenvalue weighted by Crippen LogP contribution is 2.24. The van der Waals surface area contributed by atoms with Crippen LogP contribution in [0.5, 0.6) is 11.5 Å². The fourth-order valence-electron chi connectivity index (χ4n) is 1.59. The van der Waals surface area contributed by atoms with Gasteiger partial charge < -0.3 is 14.6 Å². The normalized spacial score (nSPS) is 10.1. The lowest BCUT2D eigenvalue weighted by Gasteiger charge is -2.11. The first kappa shape index (κ1) is 12.4. The number of hydrogen-bond donors (Lipinski definition) is 1. The van der Waals surface area contributed by atoms with Gasteiger partial charge in [-0.05, 0) is 35.9 Å². The summed E-state index contributed by atoms with van der Waals surface area (Å²) in [5.41, 5.74) is 1.74. The van der Waals surface area contributed by atoms with Crippen LogP contribution < -0.4 is 9.47 Å². The summed E-state index contributed by atoms with van der Waals surface area (Å²) in [6.07, 6.45) is 3.44. The minimum absolute atomic E-state index is 0.0805. The summed E-state index contributed by atoms with van der Waals surface area (Å²) in [6, 6.07) is 9.15. The van der Waals surface area contributed by atoms with Gasteiger partial charge in [0.15, 0.2) is 0 Å². The van der Waals surface area contributed by atoms with Crippen LogP contribution in [-0.4, -0.2) is 17.2 Å². The lowest BCUT2D eigenvalue weighted by molar-refractivity contribution is 0.258. The van der Waals surface area contributed by atoms with E-state index in [4.69, 9.17) is 9.47 Å². The molecule has 0 fully saturated rings. The fraction of sp³-hybridized carbons (Fsp3) is 0.214. The number of nitrogens with zero attached hydrogens (tertiary/aromatic N) is 1. The van der Waals surface area contributed by atoms with Gasteiger partial charge in [-0.1, -0.05) is 0 Å². The van der Waals surface area contributed by atoms with E-state index in [1.165, 1.54) is 0 Å². The van der Waals surface area contributed by atoms with Gasteiger partial charge in [-0.15, -0.1) is 0 Å². The third-order valence-electron chi connectivity index (χ3n) is 2.58. The summed E-state index contributed by atoms with van der Waals surface area (Å²) in [7, 11) is 1.59. The molecule has 1 heterocycles. The molecule has 0 amide bonds. The zero-order chi connectivity index (χ0) is 12.8. The number of hydrogen-bond acceptors (Lipinski definition) is 4. The molecule has 1 aromatic carbocycles. The van der Waals surface area contributed by atoms with Gasteiger partial charge in [0.2, 0.25) is 0 Å². The minimum Gasteiger partial charge on any atom is -0.497 e. The first-order valence-corrected chi connectivity index (χ1v) is 5.63. The van der Waals surface area contributed by atoms with Crippen molar-refractivity contribution in [1.29, 1.82) is 0 Å². The zero-order valence-corrected chi connectivity index (χ0v) is 10.2. The third kappa shape index (κ3) is 2.99. The largest absolute Gasteiger partial charge is 0.497 e. The van der Waals surface area contributed by atoms with Crippen molar-refractivity contribution in [2.45, 2.75) is 13.2 Å². The SMILES string of the molecule is COc1ccc(OCc2ccncc2)c(CO)c1. The Morgan fingerprint density at radius 2 is 1.94 bits per heavy atom. The Bertz CT molecular complexity index is 500. The van der Waals surface area contributed by atoms with Gasteiger partial charge in [-0.25, -0.2) is 0 Å². The van der Waals surface area contributed by atoms with E-state index in [0.29, 0.717) is 23.7 Å². The van der Waals surface area contributed by atoms with Gasteiger partial charge >= 0.3 is 0 Å². The van der Waals surface area contributed by atoms with E-state index in [9.17, 15) is 5.11 Å². The molecule has 2 rings (SSSR count). The number of methoxy groups -OCH3 is 1. The van der Waals surface area contributed by atoms with Crippen molar-refractivity contribution in [2.75, 3.05) is 7.11 Å². The van der Waals surface area contributed by atoms with E-state index in [1.807, 2.05) is 12.1 Å². The molecule has 0 unspecified atom stereocenters. The van der Waals surface area contributed by atoms with Crippen molar-refractivity contribution in [3.8, 4) is 11.5 Å². The van der Waals surface area contributed by atoms with Gasteiger partial charge in [0, 0.05) is 18.0 Å². The smallest absolute Gasteiger partial charge is 0.125 e. The van der Waals surface area contributed by atoms with Crippen LogP contribution >= 0.6 is 0 Å². The average Bonchev–Trinajstić information content (AvgIpc) is 2.46. The molecule has 94 valence electrons. The number of rotatable bonds is 5. The Hall–Kier alpha value is -2.07. The van der Waals surface area contributed by atoms with Crippen LogP contribution in [0, 0.1) is 0 Å². The maximum absolute atomic E-state index is 9.29. The van der Waals surface area contributed by atoms with Crippen LogP contribution in [0.4, 0.5) is 0 Å². The topological polar surface area (TPSA) is 51.6 Å². The summed E-state index contributed by atoms with van der Waals surface area (Å²) in [5.74, 6) is 1.37. The highest BCUT2D eigenvalue weighted by atomic mass is 16.5. The van der Waals surface area contributed by atoms with E-state index >= 15 is 0 Å². The standard InChI is InChI=1S/C14H15NO3/c1-17-13-2-3-14(12(8-13)9-16)18-10-11-4-6-15-7-5-11/h2-8,16H,9-10H2,1H3. The monoisotopic (exact) mass is 245 g/mol. The lowest BCUT2D eigenvalue weighted by atomic mass is 10.2. The van der Waals surface area contributed by atoms with Gasteiger partial charge in [-0.3, -0.25) is 4.98 Å². The van der Waals surface area contributed by atoms with Crippen molar-refractivity contribution in [1.82, 2.24) is 4.98 Å². The average molecular weight is 245 g/mol. The Balaban J connectivity index is 2.09. The molecule has 0 aliphatic carbocycles. The maximum Gasteiger partial charge on any atom is 0.125 e. The molecule has 0 atom stereocenters. The van der Waals surface area contributed by atoms with Crippen molar-refractivity contribution in [3.05, 3.63) is 53.9 Å². The number of benzene rings is 1. The number of ether oxygens (including phenoxy) is 2. The van der Waals surface area contributed by atoms with Crippen LogP contribution in [0.25, 0.3) is 0 Å². The molecule has 1 N–H and O–H groups in total. The molecule has 0 saturated carbocycles. The molecule has 18 heavy (non-hydrogen) atoms. The molecule has 0 aliphatic heterocycles. The molecule has 4 nitrogen and oxygen atoms in total.